The van der Waals surface area contributed by atoms with Gasteiger partial charge in [-0.1, -0.05) is 41.4 Å². The van der Waals surface area contributed by atoms with Crippen molar-refractivity contribution in [3.8, 4) is 6.07 Å². The second-order valence-electron chi connectivity index (χ2n) is 7.69. The Labute approximate surface area is 189 Å². The Morgan fingerprint density at radius 3 is 2.65 bits per heavy atom. The number of rotatable bonds is 2. The third-order valence-corrected chi connectivity index (χ3v) is 7.33. The largest absolute Gasteiger partial charge is 0.352 e. The summed E-state index contributed by atoms with van der Waals surface area (Å²) in [5, 5.41) is 12.1. The third-order valence-electron chi connectivity index (χ3n) is 5.67. The van der Waals surface area contributed by atoms with E-state index in [1.807, 2.05) is 60.4 Å². The van der Waals surface area contributed by atoms with Crippen LogP contribution < -0.4 is 4.90 Å². The molecule has 0 bridgehead atoms. The summed E-state index contributed by atoms with van der Waals surface area (Å²) in [7, 11) is 0. The lowest BCUT2D eigenvalue weighted by atomic mass is 10.1. The van der Waals surface area contributed by atoms with Crippen molar-refractivity contribution in [3.63, 3.8) is 0 Å². The predicted molar refractivity (Wildman–Crippen MR) is 126 cm³/mol. The van der Waals surface area contributed by atoms with Crippen LogP contribution in [0.1, 0.15) is 20.8 Å². The van der Waals surface area contributed by atoms with Crippen LogP contribution in [0.15, 0.2) is 48.5 Å². The Morgan fingerprint density at radius 2 is 1.90 bits per heavy atom. The molecule has 2 aromatic heterocycles. The highest BCUT2D eigenvalue weighted by Crippen LogP contribution is 2.36. The van der Waals surface area contributed by atoms with Gasteiger partial charge in [-0.05, 0) is 31.2 Å². The minimum atomic E-state index is -0.0340. The number of piperazine rings is 1. The number of pyridine rings is 1. The highest BCUT2D eigenvalue weighted by Gasteiger charge is 2.27. The molecule has 1 amide bonds. The SMILES string of the molecule is Cc1ccc2nc(N3CCN(C(=O)c4sc5ccccc5c4Cl)CC3)c(C#N)cc2c1. The molecule has 0 spiro atoms. The molecular formula is C24H19ClN4OS. The number of amides is 1. The van der Waals surface area contributed by atoms with Gasteiger partial charge in [-0.2, -0.15) is 5.26 Å². The average molecular weight is 447 g/mol. The van der Waals surface area contributed by atoms with E-state index >= 15 is 0 Å². The summed E-state index contributed by atoms with van der Waals surface area (Å²) in [5.74, 6) is 0.652. The predicted octanol–water partition coefficient (Wildman–Crippen LogP) is 5.25. The zero-order valence-electron chi connectivity index (χ0n) is 16.9. The van der Waals surface area contributed by atoms with Crippen molar-refractivity contribution in [3.05, 3.63) is 69.6 Å². The molecule has 31 heavy (non-hydrogen) atoms. The lowest BCUT2D eigenvalue weighted by Gasteiger charge is -2.35. The molecule has 0 N–H and O–H groups in total. The molecule has 0 aliphatic carbocycles. The third kappa shape index (κ3) is 3.50. The maximum absolute atomic E-state index is 13.1. The van der Waals surface area contributed by atoms with Crippen LogP contribution in [-0.2, 0) is 0 Å². The van der Waals surface area contributed by atoms with Gasteiger partial charge in [-0.25, -0.2) is 4.98 Å². The van der Waals surface area contributed by atoms with Crippen LogP contribution in [0.2, 0.25) is 5.02 Å². The van der Waals surface area contributed by atoms with Gasteiger partial charge >= 0.3 is 0 Å². The molecule has 154 valence electrons. The topological polar surface area (TPSA) is 60.2 Å². The van der Waals surface area contributed by atoms with Crippen molar-refractivity contribution >= 4 is 55.7 Å². The van der Waals surface area contributed by atoms with Crippen LogP contribution in [0.4, 0.5) is 5.82 Å². The van der Waals surface area contributed by atoms with Crippen LogP contribution in [0.25, 0.3) is 21.0 Å². The first kappa shape index (κ1) is 19.8. The van der Waals surface area contributed by atoms with Crippen molar-refractivity contribution in [2.45, 2.75) is 6.92 Å². The summed E-state index contributed by atoms with van der Waals surface area (Å²) in [4.78, 5) is 22.4. The summed E-state index contributed by atoms with van der Waals surface area (Å²) in [5.41, 5.74) is 2.57. The van der Waals surface area contributed by atoms with Crippen molar-refractivity contribution < 1.29 is 4.79 Å². The number of carbonyl (C=O) groups excluding carboxylic acids is 1. The Morgan fingerprint density at radius 1 is 1.13 bits per heavy atom. The Bertz CT molecular complexity index is 1370. The number of nitrogens with zero attached hydrogens (tertiary/aromatic N) is 4. The van der Waals surface area contributed by atoms with E-state index in [-0.39, 0.29) is 5.91 Å². The van der Waals surface area contributed by atoms with E-state index in [0.29, 0.717) is 47.5 Å². The quantitative estimate of drug-likeness (QED) is 0.422. The first-order chi connectivity index (χ1) is 15.0. The van der Waals surface area contributed by atoms with E-state index in [2.05, 4.69) is 11.0 Å². The summed E-state index contributed by atoms with van der Waals surface area (Å²) in [6, 6.07) is 18.0. The number of hydrogen-bond donors (Lipinski definition) is 0. The van der Waals surface area contributed by atoms with Crippen LogP contribution in [-0.4, -0.2) is 42.0 Å². The second-order valence-corrected chi connectivity index (χ2v) is 9.12. The Kier molecular flexibility index (Phi) is 5.01. The lowest BCUT2D eigenvalue weighted by molar-refractivity contribution is 0.0751. The van der Waals surface area contributed by atoms with E-state index in [9.17, 15) is 10.1 Å². The molecular weight excluding hydrogens is 428 g/mol. The standard InChI is InChI=1S/C24H19ClN4OS/c1-15-6-7-19-16(12-15)13-17(14-26)23(27-19)28-8-10-29(11-9-28)24(30)22-21(25)18-4-2-3-5-20(18)31-22/h2-7,12-13H,8-11H2,1H3. The maximum atomic E-state index is 13.1. The van der Waals surface area contributed by atoms with E-state index in [1.165, 1.54) is 11.3 Å². The minimum absolute atomic E-state index is 0.0340. The molecule has 5 rings (SSSR count). The minimum Gasteiger partial charge on any atom is -0.352 e. The number of benzene rings is 2. The highest BCUT2D eigenvalue weighted by atomic mass is 35.5. The summed E-state index contributed by atoms with van der Waals surface area (Å²) < 4.78 is 1.02. The van der Waals surface area contributed by atoms with Gasteiger partial charge in [0.2, 0.25) is 0 Å². The number of carbonyl (C=O) groups is 1. The monoisotopic (exact) mass is 446 g/mol. The van der Waals surface area contributed by atoms with Crippen LogP contribution in [0, 0.1) is 18.3 Å². The molecule has 2 aromatic carbocycles. The molecule has 3 heterocycles. The van der Waals surface area contributed by atoms with Crippen molar-refractivity contribution in [2.24, 2.45) is 0 Å². The van der Waals surface area contributed by atoms with Gasteiger partial charge in [0.25, 0.3) is 5.91 Å². The molecule has 1 fully saturated rings. The van der Waals surface area contributed by atoms with Gasteiger partial charge in [-0.3, -0.25) is 4.79 Å². The average Bonchev–Trinajstić information content (AvgIpc) is 3.14. The molecule has 1 aliphatic rings. The number of hydrogen-bond acceptors (Lipinski definition) is 5. The Hall–Kier alpha value is -3.14. The molecule has 1 aliphatic heterocycles. The van der Waals surface area contributed by atoms with Crippen LogP contribution in [0.3, 0.4) is 0 Å². The fourth-order valence-corrected chi connectivity index (χ4v) is 5.51. The first-order valence-corrected chi connectivity index (χ1v) is 11.3. The molecule has 0 atom stereocenters. The fraction of sp³-hybridized carbons (Fsp3) is 0.208. The zero-order chi connectivity index (χ0) is 21.5. The normalized spacial score (nSPS) is 14.2. The van der Waals surface area contributed by atoms with Gasteiger partial charge in [-0.15, -0.1) is 11.3 Å². The number of anilines is 1. The maximum Gasteiger partial charge on any atom is 0.265 e. The van der Waals surface area contributed by atoms with Gasteiger partial charge in [0, 0.05) is 41.7 Å². The number of thiophene rings is 1. The molecule has 0 unspecified atom stereocenters. The fourth-order valence-electron chi connectivity index (χ4n) is 4.03. The molecule has 4 aromatic rings. The zero-order valence-corrected chi connectivity index (χ0v) is 18.5. The molecule has 0 saturated carbocycles. The van der Waals surface area contributed by atoms with Gasteiger partial charge in [0.05, 0.1) is 16.1 Å². The number of nitriles is 1. The van der Waals surface area contributed by atoms with Gasteiger partial charge in [0.15, 0.2) is 0 Å². The van der Waals surface area contributed by atoms with Crippen molar-refractivity contribution in [2.75, 3.05) is 31.1 Å². The van der Waals surface area contributed by atoms with E-state index < -0.39 is 0 Å². The summed E-state index contributed by atoms with van der Waals surface area (Å²) >= 11 is 7.95. The number of aromatic nitrogens is 1. The van der Waals surface area contributed by atoms with Crippen LogP contribution >= 0.6 is 22.9 Å². The van der Waals surface area contributed by atoms with Crippen molar-refractivity contribution in [1.29, 1.82) is 5.26 Å². The van der Waals surface area contributed by atoms with Gasteiger partial charge < -0.3 is 9.80 Å². The number of halogens is 1. The van der Waals surface area contributed by atoms with E-state index in [4.69, 9.17) is 16.6 Å². The summed E-state index contributed by atoms with van der Waals surface area (Å²) in [6.45, 7) is 4.38. The molecule has 7 heteroatoms. The van der Waals surface area contributed by atoms with Crippen molar-refractivity contribution in [1.82, 2.24) is 9.88 Å². The molecule has 1 saturated heterocycles. The number of aryl methyl sites for hydroxylation is 1. The molecule has 0 radical (unpaired) electrons. The van der Waals surface area contributed by atoms with E-state index in [0.717, 1.165) is 26.6 Å². The van der Waals surface area contributed by atoms with Crippen LogP contribution in [0.5, 0.6) is 0 Å². The van der Waals surface area contributed by atoms with E-state index in [1.54, 1.807) is 0 Å². The van der Waals surface area contributed by atoms with Gasteiger partial charge in [0.1, 0.15) is 16.8 Å². The Balaban J connectivity index is 1.38. The smallest absolute Gasteiger partial charge is 0.265 e. The second kappa shape index (κ2) is 7.84. The lowest BCUT2D eigenvalue weighted by Crippen LogP contribution is -2.49. The first-order valence-electron chi connectivity index (χ1n) is 10.1. The highest BCUT2D eigenvalue weighted by molar-refractivity contribution is 7.21. The molecule has 5 nitrogen and oxygen atoms in total. The summed E-state index contributed by atoms with van der Waals surface area (Å²) in [6.07, 6.45) is 0. The number of fused-ring (bicyclic) bond motifs is 2.